The Kier molecular flexibility index (Phi) is 3.06. The molecule has 3 rings (SSSR count). The molecule has 1 saturated heterocycles. The fourth-order valence-electron chi connectivity index (χ4n) is 2.49. The van der Waals surface area contributed by atoms with E-state index in [2.05, 4.69) is 35.1 Å². The predicted molar refractivity (Wildman–Crippen MR) is 71.5 cm³/mol. The third kappa shape index (κ3) is 2.13. The van der Waals surface area contributed by atoms with Gasteiger partial charge in [0.25, 0.3) is 0 Å². The molecule has 1 aromatic carbocycles. The van der Waals surface area contributed by atoms with Crippen molar-refractivity contribution < 1.29 is 4.42 Å². The van der Waals surface area contributed by atoms with Crippen molar-refractivity contribution in [2.45, 2.75) is 26.4 Å². The molecule has 4 nitrogen and oxygen atoms in total. The first-order valence-electron chi connectivity index (χ1n) is 6.54. The zero-order chi connectivity index (χ0) is 12.5. The van der Waals surface area contributed by atoms with Gasteiger partial charge in [-0.2, -0.15) is 0 Å². The monoisotopic (exact) mass is 245 g/mol. The van der Waals surface area contributed by atoms with E-state index in [4.69, 9.17) is 4.42 Å². The molecule has 0 amide bonds. The molecule has 0 bridgehead atoms. The van der Waals surface area contributed by atoms with Crippen molar-refractivity contribution in [1.29, 1.82) is 0 Å². The number of para-hydroxylation sites is 1. The van der Waals surface area contributed by atoms with Gasteiger partial charge >= 0.3 is 0 Å². The van der Waals surface area contributed by atoms with Crippen LogP contribution in [0.1, 0.15) is 18.4 Å². The van der Waals surface area contributed by atoms with Gasteiger partial charge in [0.15, 0.2) is 5.58 Å². The second-order valence-electron chi connectivity index (χ2n) is 5.05. The number of aryl methyl sites for hydroxylation is 1. The van der Waals surface area contributed by atoms with Crippen molar-refractivity contribution in [3.8, 4) is 0 Å². The lowest BCUT2D eigenvalue weighted by atomic mass is 10.2. The van der Waals surface area contributed by atoms with E-state index in [1.165, 1.54) is 0 Å². The molecular weight excluding hydrogens is 226 g/mol. The molecule has 1 aliphatic heterocycles. The van der Waals surface area contributed by atoms with Gasteiger partial charge in [0.2, 0.25) is 5.89 Å². The first kappa shape index (κ1) is 11.7. The fourth-order valence-corrected chi connectivity index (χ4v) is 2.49. The van der Waals surface area contributed by atoms with Crippen molar-refractivity contribution in [1.82, 2.24) is 15.2 Å². The van der Waals surface area contributed by atoms with Gasteiger partial charge < -0.3 is 9.73 Å². The molecule has 1 N–H and O–H groups in total. The Bertz CT molecular complexity index is 549. The van der Waals surface area contributed by atoms with E-state index in [0.29, 0.717) is 6.04 Å². The third-order valence-corrected chi connectivity index (χ3v) is 3.63. The minimum atomic E-state index is 0.537. The van der Waals surface area contributed by atoms with E-state index in [9.17, 15) is 0 Å². The summed E-state index contributed by atoms with van der Waals surface area (Å²) in [6.07, 6.45) is 0. The van der Waals surface area contributed by atoms with Crippen molar-refractivity contribution in [2.24, 2.45) is 0 Å². The SMILES string of the molecule is Cc1cccc2nc(CN3CCNC[C@@H]3C)oc12. The molecule has 96 valence electrons. The number of piperazine rings is 1. The number of fused-ring (bicyclic) bond motifs is 1. The van der Waals surface area contributed by atoms with E-state index >= 15 is 0 Å². The maximum absolute atomic E-state index is 5.88. The predicted octanol–water partition coefficient (Wildman–Crippen LogP) is 1.93. The van der Waals surface area contributed by atoms with Crippen LogP contribution in [0.15, 0.2) is 22.6 Å². The summed E-state index contributed by atoms with van der Waals surface area (Å²) in [5.74, 6) is 0.827. The lowest BCUT2D eigenvalue weighted by molar-refractivity contribution is 0.152. The van der Waals surface area contributed by atoms with Gasteiger partial charge in [0, 0.05) is 25.7 Å². The van der Waals surface area contributed by atoms with Crippen LogP contribution in [0, 0.1) is 6.92 Å². The van der Waals surface area contributed by atoms with Gasteiger partial charge in [0.05, 0.1) is 6.54 Å². The van der Waals surface area contributed by atoms with Crippen LogP contribution in [0.4, 0.5) is 0 Å². The smallest absolute Gasteiger partial charge is 0.209 e. The second kappa shape index (κ2) is 4.71. The molecule has 1 aliphatic rings. The van der Waals surface area contributed by atoms with Gasteiger partial charge in [-0.05, 0) is 25.5 Å². The van der Waals surface area contributed by atoms with Gasteiger partial charge in [-0.25, -0.2) is 4.98 Å². The topological polar surface area (TPSA) is 41.3 Å². The number of nitrogens with one attached hydrogen (secondary N) is 1. The molecule has 0 saturated carbocycles. The van der Waals surface area contributed by atoms with Gasteiger partial charge in [-0.15, -0.1) is 0 Å². The van der Waals surface area contributed by atoms with Crippen molar-refractivity contribution in [2.75, 3.05) is 19.6 Å². The largest absolute Gasteiger partial charge is 0.439 e. The summed E-state index contributed by atoms with van der Waals surface area (Å²) in [4.78, 5) is 6.99. The maximum atomic E-state index is 5.88. The summed E-state index contributed by atoms with van der Waals surface area (Å²) in [6.45, 7) is 8.24. The summed E-state index contributed by atoms with van der Waals surface area (Å²) >= 11 is 0. The summed E-state index contributed by atoms with van der Waals surface area (Å²) in [5, 5.41) is 3.39. The third-order valence-electron chi connectivity index (χ3n) is 3.63. The van der Waals surface area contributed by atoms with Crippen LogP contribution in [0.2, 0.25) is 0 Å². The molecule has 4 heteroatoms. The van der Waals surface area contributed by atoms with E-state index in [-0.39, 0.29) is 0 Å². The van der Waals surface area contributed by atoms with E-state index in [1.807, 2.05) is 12.1 Å². The molecule has 2 heterocycles. The Morgan fingerprint density at radius 3 is 3.17 bits per heavy atom. The molecule has 0 aliphatic carbocycles. The highest BCUT2D eigenvalue weighted by Crippen LogP contribution is 2.20. The zero-order valence-corrected chi connectivity index (χ0v) is 10.9. The van der Waals surface area contributed by atoms with Crippen LogP contribution in [0.5, 0.6) is 0 Å². The van der Waals surface area contributed by atoms with Gasteiger partial charge in [0.1, 0.15) is 5.52 Å². The van der Waals surface area contributed by atoms with Crippen molar-refractivity contribution >= 4 is 11.1 Å². The second-order valence-corrected chi connectivity index (χ2v) is 5.05. The minimum Gasteiger partial charge on any atom is -0.439 e. The first-order valence-corrected chi connectivity index (χ1v) is 6.54. The Hall–Kier alpha value is -1.39. The van der Waals surface area contributed by atoms with Gasteiger partial charge in [-0.1, -0.05) is 12.1 Å². The summed E-state index contributed by atoms with van der Waals surface area (Å²) in [5.41, 5.74) is 3.04. The van der Waals surface area contributed by atoms with Gasteiger partial charge in [-0.3, -0.25) is 4.90 Å². The molecule has 0 spiro atoms. The lowest BCUT2D eigenvalue weighted by Gasteiger charge is -2.32. The highest BCUT2D eigenvalue weighted by Gasteiger charge is 2.20. The molecular formula is C14H19N3O. The molecule has 0 unspecified atom stereocenters. The molecule has 2 aromatic rings. The molecule has 1 atom stereocenters. The number of nitrogens with zero attached hydrogens (tertiary/aromatic N) is 2. The summed E-state index contributed by atoms with van der Waals surface area (Å²) < 4.78 is 5.88. The number of hydrogen-bond donors (Lipinski definition) is 1. The number of hydrogen-bond acceptors (Lipinski definition) is 4. The highest BCUT2D eigenvalue weighted by atomic mass is 16.3. The molecule has 18 heavy (non-hydrogen) atoms. The van der Waals surface area contributed by atoms with E-state index in [0.717, 1.165) is 48.7 Å². The number of oxazole rings is 1. The normalized spacial score (nSPS) is 21.6. The fraction of sp³-hybridized carbons (Fsp3) is 0.500. The maximum Gasteiger partial charge on any atom is 0.209 e. The highest BCUT2D eigenvalue weighted by molar-refractivity contribution is 5.75. The van der Waals surface area contributed by atoms with Crippen LogP contribution >= 0.6 is 0 Å². The zero-order valence-electron chi connectivity index (χ0n) is 10.9. The molecule has 1 aromatic heterocycles. The van der Waals surface area contributed by atoms with Crippen LogP contribution in [-0.2, 0) is 6.54 Å². The number of benzene rings is 1. The Balaban J connectivity index is 1.84. The average Bonchev–Trinajstić information content (AvgIpc) is 2.76. The van der Waals surface area contributed by atoms with Crippen molar-refractivity contribution in [3.63, 3.8) is 0 Å². The standard InChI is InChI=1S/C14H19N3O/c1-10-4-3-5-12-14(10)18-13(16-12)9-17-7-6-15-8-11(17)2/h3-5,11,15H,6-9H2,1-2H3/t11-/m0/s1. The van der Waals surface area contributed by atoms with Crippen molar-refractivity contribution in [3.05, 3.63) is 29.7 Å². The first-order chi connectivity index (χ1) is 8.74. The lowest BCUT2D eigenvalue weighted by Crippen LogP contribution is -2.49. The van der Waals surface area contributed by atoms with Crippen LogP contribution in [0.3, 0.4) is 0 Å². The average molecular weight is 245 g/mol. The molecule has 0 radical (unpaired) electrons. The number of aromatic nitrogens is 1. The van der Waals surface area contributed by atoms with E-state index in [1.54, 1.807) is 0 Å². The Morgan fingerprint density at radius 1 is 1.50 bits per heavy atom. The summed E-state index contributed by atoms with van der Waals surface area (Å²) in [6, 6.07) is 6.63. The van der Waals surface area contributed by atoms with Crippen LogP contribution in [0.25, 0.3) is 11.1 Å². The Labute approximate surface area is 107 Å². The number of rotatable bonds is 2. The Morgan fingerprint density at radius 2 is 2.39 bits per heavy atom. The van der Waals surface area contributed by atoms with Crippen LogP contribution in [-0.4, -0.2) is 35.6 Å². The molecule has 1 fully saturated rings. The summed E-state index contributed by atoms with van der Waals surface area (Å²) in [7, 11) is 0. The van der Waals surface area contributed by atoms with Crippen LogP contribution < -0.4 is 5.32 Å². The van der Waals surface area contributed by atoms with E-state index < -0.39 is 0 Å². The quantitative estimate of drug-likeness (QED) is 0.877. The minimum absolute atomic E-state index is 0.537.